The van der Waals surface area contributed by atoms with Gasteiger partial charge in [-0.05, 0) is 55.4 Å². The SMILES string of the molecule is CCCCNC(=S)NN=C(C)c1ccc(OC)cc1. The molecule has 0 saturated heterocycles. The summed E-state index contributed by atoms with van der Waals surface area (Å²) in [6.07, 6.45) is 2.24. The molecule has 0 aliphatic carbocycles. The predicted octanol–water partition coefficient (Wildman–Crippen LogP) is 2.68. The highest BCUT2D eigenvalue weighted by Gasteiger charge is 1.99. The van der Waals surface area contributed by atoms with E-state index < -0.39 is 0 Å². The third-order valence-electron chi connectivity index (χ3n) is 2.65. The maximum Gasteiger partial charge on any atom is 0.186 e. The Hall–Kier alpha value is -1.62. The molecule has 5 heteroatoms. The molecule has 0 bridgehead atoms. The zero-order chi connectivity index (χ0) is 14.1. The third-order valence-corrected chi connectivity index (χ3v) is 2.88. The molecule has 0 atom stereocenters. The summed E-state index contributed by atoms with van der Waals surface area (Å²) in [6, 6.07) is 7.75. The van der Waals surface area contributed by atoms with E-state index in [2.05, 4.69) is 22.8 Å². The minimum Gasteiger partial charge on any atom is -0.497 e. The van der Waals surface area contributed by atoms with E-state index in [0.717, 1.165) is 36.4 Å². The number of thiocarbonyl (C=S) groups is 1. The van der Waals surface area contributed by atoms with Gasteiger partial charge in [0.25, 0.3) is 0 Å². The Morgan fingerprint density at radius 3 is 2.58 bits per heavy atom. The van der Waals surface area contributed by atoms with Crippen LogP contribution in [0.4, 0.5) is 0 Å². The fourth-order valence-electron chi connectivity index (χ4n) is 1.45. The van der Waals surface area contributed by atoms with E-state index in [1.807, 2.05) is 31.2 Å². The second-order valence-corrected chi connectivity index (χ2v) is 4.56. The molecule has 0 aromatic heterocycles. The zero-order valence-corrected chi connectivity index (χ0v) is 12.5. The van der Waals surface area contributed by atoms with Crippen molar-refractivity contribution in [1.29, 1.82) is 0 Å². The van der Waals surface area contributed by atoms with Crippen LogP contribution in [0.2, 0.25) is 0 Å². The van der Waals surface area contributed by atoms with Gasteiger partial charge in [-0.1, -0.05) is 13.3 Å². The Morgan fingerprint density at radius 2 is 2.00 bits per heavy atom. The molecular weight excluding hydrogens is 258 g/mol. The molecule has 0 amide bonds. The van der Waals surface area contributed by atoms with Gasteiger partial charge in [0.2, 0.25) is 0 Å². The zero-order valence-electron chi connectivity index (χ0n) is 11.7. The van der Waals surface area contributed by atoms with E-state index in [1.54, 1.807) is 7.11 Å². The molecular formula is C14H21N3OS. The molecule has 19 heavy (non-hydrogen) atoms. The number of methoxy groups -OCH3 is 1. The number of hydrogen-bond donors (Lipinski definition) is 2. The second-order valence-electron chi connectivity index (χ2n) is 4.15. The van der Waals surface area contributed by atoms with Crippen LogP contribution in [0.5, 0.6) is 5.75 Å². The fraction of sp³-hybridized carbons (Fsp3) is 0.429. The van der Waals surface area contributed by atoms with Crippen molar-refractivity contribution in [2.75, 3.05) is 13.7 Å². The number of ether oxygens (including phenoxy) is 1. The molecule has 2 N–H and O–H groups in total. The van der Waals surface area contributed by atoms with Crippen LogP contribution in [0, 0.1) is 0 Å². The molecule has 0 saturated carbocycles. The number of rotatable bonds is 6. The molecule has 1 rings (SSSR count). The Labute approximate surface area is 120 Å². The van der Waals surface area contributed by atoms with E-state index in [9.17, 15) is 0 Å². The van der Waals surface area contributed by atoms with E-state index >= 15 is 0 Å². The number of unbranched alkanes of at least 4 members (excludes halogenated alkanes) is 1. The molecule has 0 unspecified atom stereocenters. The van der Waals surface area contributed by atoms with Gasteiger partial charge >= 0.3 is 0 Å². The maximum absolute atomic E-state index is 5.13. The normalized spacial score (nSPS) is 11.0. The summed E-state index contributed by atoms with van der Waals surface area (Å²) in [5.41, 5.74) is 4.75. The molecule has 1 aromatic rings. The predicted molar refractivity (Wildman–Crippen MR) is 83.8 cm³/mol. The molecule has 0 aliphatic heterocycles. The summed E-state index contributed by atoms with van der Waals surface area (Å²) in [6.45, 7) is 4.95. The third kappa shape index (κ3) is 5.70. The van der Waals surface area contributed by atoms with Crippen molar-refractivity contribution in [1.82, 2.24) is 10.7 Å². The van der Waals surface area contributed by atoms with Crippen molar-refractivity contribution in [3.05, 3.63) is 29.8 Å². The van der Waals surface area contributed by atoms with Gasteiger partial charge in [-0.2, -0.15) is 5.10 Å². The quantitative estimate of drug-likeness (QED) is 0.364. The summed E-state index contributed by atoms with van der Waals surface area (Å²) in [5.74, 6) is 0.835. The molecule has 0 fully saturated rings. The van der Waals surface area contributed by atoms with Crippen LogP contribution in [-0.4, -0.2) is 24.5 Å². The topological polar surface area (TPSA) is 45.7 Å². The largest absolute Gasteiger partial charge is 0.497 e. The van der Waals surface area contributed by atoms with E-state index in [-0.39, 0.29) is 0 Å². The van der Waals surface area contributed by atoms with Gasteiger partial charge in [-0.3, -0.25) is 5.43 Å². The standard InChI is InChI=1S/C14H21N3OS/c1-4-5-10-15-14(19)17-16-11(2)12-6-8-13(18-3)9-7-12/h6-9H,4-5,10H2,1-3H3,(H2,15,17,19). The smallest absolute Gasteiger partial charge is 0.186 e. The van der Waals surface area contributed by atoms with Crippen LogP contribution in [0.25, 0.3) is 0 Å². The monoisotopic (exact) mass is 279 g/mol. The summed E-state index contributed by atoms with van der Waals surface area (Å²) in [4.78, 5) is 0. The van der Waals surface area contributed by atoms with Gasteiger partial charge < -0.3 is 10.1 Å². The average molecular weight is 279 g/mol. The number of hydrogen-bond acceptors (Lipinski definition) is 3. The lowest BCUT2D eigenvalue weighted by Gasteiger charge is -2.07. The lowest BCUT2D eigenvalue weighted by atomic mass is 10.1. The molecule has 4 nitrogen and oxygen atoms in total. The van der Waals surface area contributed by atoms with Crippen molar-refractivity contribution in [3.63, 3.8) is 0 Å². The lowest BCUT2D eigenvalue weighted by Crippen LogP contribution is -2.33. The number of benzene rings is 1. The highest BCUT2D eigenvalue weighted by atomic mass is 32.1. The summed E-state index contributed by atoms with van der Waals surface area (Å²) in [7, 11) is 1.65. The minimum absolute atomic E-state index is 0.557. The van der Waals surface area contributed by atoms with Crippen molar-refractivity contribution >= 4 is 23.0 Å². The fourth-order valence-corrected chi connectivity index (χ4v) is 1.60. The van der Waals surface area contributed by atoms with E-state index in [1.165, 1.54) is 0 Å². The highest BCUT2D eigenvalue weighted by Crippen LogP contribution is 2.11. The van der Waals surface area contributed by atoms with Crippen molar-refractivity contribution in [3.8, 4) is 5.75 Å². The molecule has 1 aromatic carbocycles. The summed E-state index contributed by atoms with van der Waals surface area (Å²) < 4.78 is 5.12. The van der Waals surface area contributed by atoms with Crippen molar-refractivity contribution in [2.45, 2.75) is 26.7 Å². The Bertz CT molecular complexity index is 429. The van der Waals surface area contributed by atoms with Crippen LogP contribution < -0.4 is 15.5 Å². The van der Waals surface area contributed by atoms with Crippen LogP contribution in [0.3, 0.4) is 0 Å². The Balaban J connectivity index is 2.49. The number of hydrazone groups is 1. The first kappa shape index (κ1) is 15.4. The lowest BCUT2D eigenvalue weighted by molar-refractivity contribution is 0.415. The van der Waals surface area contributed by atoms with Crippen LogP contribution >= 0.6 is 12.2 Å². The first-order chi connectivity index (χ1) is 9.17. The summed E-state index contributed by atoms with van der Waals surface area (Å²) >= 11 is 5.13. The molecule has 104 valence electrons. The van der Waals surface area contributed by atoms with Crippen LogP contribution in [0.15, 0.2) is 29.4 Å². The van der Waals surface area contributed by atoms with Crippen molar-refractivity contribution < 1.29 is 4.74 Å². The number of nitrogens with zero attached hydrogens (tertiary/aromatic N) is 1. The van der Waals surface area contributed by atoms with Gasteiger partial charge in [-0.15, -0.1) is 0 Å². The first-order valence-electron chi connectivity index (χ1n) is 6.40. The van der Waals surface area contributed by atoms with Gasteiger partial charge in [0.05, 0.1) is 12.8 Å². The maximum atomic E-state index is 5.13. The first-order valence-corrected chi connectivity index (χ1v) is 6.80. The van der Waals surface area contributed by atoms with E-state index in [0.29, 0.717) is 5.11 Å². The molecule has 0 aliphatic rings. The highest BCUT2D eigenvalue weighted by molar-refractivity contribution is 7.80. The number of nitrogens with one attached hydrogen (secondary N) is 2. The van der Waals surface area contributed by atoms with Crippen molar-refractivity contribution in [2.24, 2.45) is 5.10 Å². The molecule has 0 heterocycles. The van der Waals surface area contributed by atoms with Gasteiger partial charge in [-0.25, -0.2) is 0 Å². The second kappa shape index (κ2) is 8.48. The minimum atomic E-state index is 0.557. The summed E-state index contributed by atoms with van der Waals surface area (Å²) in [5, 5.41) is 7.91. The van der Waals surface area contributed by atoms with Gasteiger partial charge in [0.1, 0.15) is 5.75 Å². The molecule has 0 radical (unpaired) electrons. The average Bonchev–Trinajstić information content (AvgIpc) is 2.45. The Morgan fingerprint density at radius 1 is 1.32 bits per heavy atom. The van der Waals surface area contributed by atoms with E-state index in [4.69, 9.17) is 17.0 Å². The van der Waals surface area contributed by atoms with Crippen LogP contribution in [0.1, 0.15) is 32.3 Å². The van der Waals surface area contributed by atoms with Gasteiger partial charge in [0, 0.05) is 6.54 Å². The van der Waals surface area contributed by atoms with Gasteiger partial charge in [0.15, 0.2) is 5.11 Å². The molecule has 0 spiro atoms. The van der Waals surface area contributed by atoms with Crippen LogP contribution in [-0.2, 0) is 0 Å². The Kier molecular flexibility index (Phi) is 6.89.